The van der Waals surface area contributed by atoms with Gasteiger partial charge in [-0.25, -0.2) is 4.98 Å². The lowest BCUT2D eigenvalue weighted by Crippen LogP contribution is -2.22. The quantitative estimate of drug-likeness (QED) is 0.235. The predicted octanol–water partition coefficient (Wildman–Crippen LogP) is 4.37. The van der Waals surface area contributed by atoms with E-state index in [0.717, 1.165) is 26.5 Å². The zero-order valence-corrected chi connectivity index (χ0v) is 19.7. The number of thiophene rings is 1. The first-order valence-electron chi connectivity index (χ1n) is 9.94. The number of hydrogen-bond acceptors (Lipinski definition) is 9. The molecular weight excluding hydrogens is 442 g/mol. The molecule has 10 heteroatoms. The largest absolute Gasteiger partial charge is 0.368 e. The minimum absolute atomic E-state index is 0.0590. The molecule has 4 aromatic rings. The molecule has 164 valence electrons. The number of fused-ring (bicyclic) bond motifs is 1. The molecule has 4 rings (SSSR count). The van der Waals surface area contributed by atoms with Crippen molar-refractivity contribution < 1.29 is 0 Å². The lowest BCUT2D eigenvalue weighted by atomic mass is 10.2. The average molecular weight is 466 g/mol. The van der Waals surface area contributed by atoms with Gasteiger partial charge in [0.1, 0.15) is 10.7 Å². The number of rotatable bonds is 7. The van der Waals surface area contributed by atoms with Crippen LogP contribution in [0.1, 0.15) is 21.8 Å². The van der Waals surface area contributed by atoms with Crippen LogP contribution in [0.4, 0.5) is 17.6 Å². The van der Waals surface area contributed by atoms with Gasteiger partial charge in [-0.15, -0.1) is 17.9 Å². The molecule has 1 aromatic carbocycles. The fourth-order valence-electron chi connectivity index (χ4n) is 3.23. The highest BCUT2D eigenvalue weighted by Gasteiger charge is 2.17. The number of nitrogens with two attached hydrogens (primary N) is 1. The molecule has 3 N–H and O–H groups in total. The van der Waals surface area contributed by atoms with Gasteiger partial charge in [0.05, 0.1) is 11.1 Å². The summed E-state index contributed by atoms with van der Waals surface area (Å²) in [6.45, 7) is 10.1. The van der Waals surface area contributed by atoms with Crippen molar-refractivity contribution in [2.75, 3.05) is 11.1 Å². The molecule has 3 heterocycles. The molecule has 0 spiro atoms. The summed E-state index contributed by atoms with van der Waals surface area (Å²) >= 11 is 2.91. The van der Waals surface area contributed by atoms with E-state index in [1.165, 1.54) is 23.1 Å². The number of para-hydroxylation sites is 1. The van der Waals surface area contributed by atoms with Crippen molar-refractivity contribution in [2.45, 2.75) is 38.2 Å². The van der Waals surface area contributed by atoms with Gasteiger partial charge in [-0.05, 0) is 38.0 Å². The van der Waals surface area contributed by atoms with E-state index < -0.39 is 0 Å². The summed E-state index contributed by atoms with van der Waals surface area (Å²) in [5, 5.41) is 4.46. The second-order valence-electron chi connectivity index (χ2n) is 7.22. The summed E-state index contributed by atoms with van der Waals surface area (Å²) in [7, 11) is 0. The Morgan fingerprint density at radius 2 is 1.97 bits per heavy atom. The van der Waals surface area contributed by atoms with Crippen molar-refractivity contribution in [1.29, 1.82) is 0 Å². The molecule has 0 radical (unpaired) electrons. The first kappa shape index (κ1) is 22.0. The van der Waals surface area contributed by atoms with Gasteiger partial charge in [0.15, 0.2) is 5.16 Å². The maximum Gasteiger partial charge on any atom is 0.263 e. The van der Waals surface area contributed by atoms with Crippen molar-refractivity contribution in [2.24, 2.45) is 0 Å². The molecule has 0 atom stereocenters. The highest BCUT2D eigenvalue weighted by molar-refractivity contribution is 7.98. The van der Waals surface area contributed by atoms with E-state index in [1.807, 2.05) is 45.0 Å². The van der Waals surface area contributed by atoms with Crippen molar-refractivity contribution >= 4 is 50.9 Å². The zero-order valence-electron chi connectivity index (χ0n) is 18.0. The fourth-order valence-corrected chi connectivity index (χ4v) is 5.16. The molecule has 3 aromatic heterocycles. The van der Waals surface area contributed by atoms with E-state index in [2.05, 4.69) is 26.8 Å². The van der Waals surface area contributed by atoms with E-state index in [-0.39, 0.29) is 11.5 Å². The first-order valence-corrected chi connectivity index (χ1v) is 11.7. The Morgan fingerprint density at radius 3 is 2.72 bits per heavy atom. The third kappa shape index (κ3) is 4.37. The molecule has 0 saturated heterocycles. The first-order chi connectivity index (χ1) is 15.4. The number of nitrogen functional groups attached to an aromatic ring is 1. The van der Waals surface area contributed by atoms with Crippen LogP contribution in [-0.4, -0.2) is 24.5 Å². The van der Waals surface area contributed by atoms with Crippen LogP contribution in [0.25, 0.3) is 10.2 Å². The van der Waals surface area contributed by atoms with Gasteiger partial charge in [-0.3, -0.25) is 9.36 Å². The van der Waals surface area contributed by atoms with E-state index in [9.17, 15) is 4.79 Å². The topological polar surface area (TPSA) is 112 Å². The molecule has 0 bridgehead atoms. The van der Waals surface area contributed by atoms with E-state index in [1.54, 1.807) is 10.6 Å². The van der Waals surface area contributed by atoms with Crippen LogP contribution in [-0.2, 0) is 12.3 Å². The third-order valence-electron chi connectivity index (χ3n) is 4.99. The standard InChI is InChI=1S/C22H23N7OS2/c1-5-10-29-19(30)17-13(3)14(4)32-18(17)27-22(29)31-11-16-25-20(23)28-21(26-16)24-15-9-7-6-8-12(15)2/h5-9H,1,10-11H2,2-4H3,(H3,23,24,25,26,28). The minimum atomic E-state index is -0.0590. The molecule has 0 amide bonds. The van der Waals surface area contributed by atoms with E-state index in [4.69, 9.17) is 10.7 Å². The number of benzene rings is 1. The lowest BCUT2D eigenvalue weighted by molar-refractivity contribution is 0.672. The molecule has 8 nitrogen and oxygen atoms in total. The highest BCUT2D eigenvalue weighted by atomic mass is 32.2. The number of aromatic nitrogens is 5. The van der Waals surface area contributed by atoms with Crippen LogP contribution in [0.15, 0.2) is 46.9 Å². The molecule has 0 unspecified atom stereocenters. The van der Waals surface area contributed by atoms with Crippen molar-refractivity contribution in [3.05, 3.63) is 69.1 Å². The van der Waals surface area contributed by atoms with Crippen LogP contribution >= 0.6 is 23.1 Å². The van der Waals surface area contributed by atoms with Gasteiger partial charge >= 0.3 is 0 Å². The zero-order chi connectivity index (χ0) is 22.8. The summed E-state index contributed by atoms with van der Waals surface area (Å²) in [6.07, 6.45) is 1.69. The van der Waals surface area contributed by atoms with Crippen LogP contribution in [0.2, 0.25) is 0 Å². The van der Waals surface area contributed by atoms with Gasteiger partial charge in [-0.1, -0.05) is 36.0 Å². The number of allylic oxidation sites excluding steroid dienone is 1. The summed E-state index contributed by atoms with van der Waals surface area (Å²) in [5.74, 6) is 1.38. The smallest absolute Gasteiger partial charge is 0.263 e. The van der Waals surface area contributed by atoms with Gasteiger partial charge in [0, 0.05) is 17.1 Å². The molecule has 0 aliphatic carbocycles. The molecular formula is C22H23N7OS2. The number of aryl methyl sites for hydroxylation is 3. The Hall–Kier alpha value is -3.24. The molecule has 0 saturated carbocycles. The van der Waals surface area contributed by atoms with Crippen LogP contribution < -0.4 is 16.6 Å². The number of nitrogens with zero attached hydrogens (tertiary/aromatic N) is 5. The Labute approximate surface area is 193 Å². The van der Waals surface area contributed by atoms with E-state index in [0.29, 0.717) is 34.6 Å². The molecule has 32 heavy (non-hydrogen) atoms. The van der Waals surface area contributed by atoms with Gasteiger partial charge in [-0.2, -0.15) is 15.0 Å². The number of nitrogens with one attached hydrogen (secondary N) is 1. The third-order valence-corrected chi connectivity index (χ3v) is 7.06. The van der Waals surface area contributed by atoms with E-state index >= 15 is 0 Å². The summed E-state index contributed by atoms with van der Waals surface area (Å²) in [6, 6.07) is 7.85. The summed E-state index contributed by atoms with van der Waals surface area (Å²) in [4.78, 5) is 32.7. The Morgan fingerprint density at radius 1 is 1.19 bits per heavy atom. The number of anilines is 3. The SMILES string of the molecule is C=CCn1c(SCc2nc(N)nc(Nc3ccccc3C)n2)nc2sc(C)c(C)c2c1=O. The van der Waals surface area contributed by atoms with Crippen molar-refractivity contribution in [3.63, 3.8) is 0 Å². The Kier molecular flexibility index (Phi) is 6.24. The number of hydrogen-bond donors (Lipinski definition) is 2. The molecule has 0 fully saturated rings. The molecule has 0 aliphatic heterocycles. The Bertz CT molecular complexity index is 1380. The summed E-state index contributed by atoms with van der Waals surface area (Å²) in [5.41, 5.74) is 8.80. The van der Waals surface area contributed by atoms with Gasteiger partial charge in [0.25, 0.3) is 5.56 Å². The van der Waals surface area contributed by atoms with Crippen molar-refractivity contribution in [1.82, 2.24) is 24.5 Å². The Balaban J connectivity index is 1.64. The van der Waals surface area contributed by atoms with Crippen LogP contribution in [0.5, 0.6) is 0 Å². The second-order valence-corrected chi connectivity index (χ2v) is 9.37. The number of thioether (sulfide) groups is 1. The predicted molar refractivity (Wildman–Crippen MR) is 132 cm³/mol. The molecule has 0 aliphatic rings. The maximum absolute atomic E-state index is 13.1. The van der Waals surface area contributed by atoms with Crippen molar-refractivity contribution in [3.8, 4) is 0 Å². The van der Waals surface area contributed by atoms with Gasteiger partial charge in [0.2, 0.25) is 11.9 Å². The monoisotopic (exact) mass is 465 g/mol. The lowest BCUT2D eigenvalue weighted by Gasteiger charge is -2.11. The summed E-state index contributed by atoms with van der Waals surface area (Å²) < 4.78 is 1.64. The van der Waals surface area contributed by atoms with Crippen LogP contribution in [0, 0.1) is 20.8 Å². The fraction of sp³-hybridized carbons (Fsp3) is 0.227. The van der Waals surface area contributed by atoms with Gasteiger partial charge < -0.3 is 11.1 Å². The second kappa shape index (κ2) is 9.09. The minimum Gasteiger partial charge on any atom is -0.368 e. The average Bonchev–Trinajstić information content (AvgIpc) is 3.04. The highest BCUT2D eigenvalue weighted by Crippen LogP contribution is 2.29. The normalized spacial score (nSPS) is 11.1. The maximum atomic E-state index is 13.1. The van der Waals surface area contributed by atoms with Crippen LogP contribution in [0.3, 0.4) is 0 Å².